The van der Waals surface area contributed by atoms with Crippen molar-refractivity contribution in [3.63, 3.8) is 0 Å². The predicted molar refractivity (Wildman–Crippen MR) is 134 cm³/mol. The second-order valence-electron chi connectivity index (χ2n) is 10.4. The van der Waals surface area contributed by atoms with Crippen molar-refractivity contribution in [3.05, 3.63) is 17.8 Å². The van der Waals surface area contributed by atoms with Gasteiger partial charge in [0.15, 0.2) is 0 Å². The third kappa shape index (κ3) is 5.44. The van der Waals surface area contributed by atoms with E-state index in [-0.39, 0.29) is 23.9 Å². The first-order chi connectivity index (χ1) is 16.8. The summed E-state index contributed by atoms with van der Waals surface area (Å²) in [5, 5.41) is 8.82. The number of pyridine rings is 1. The fourth-order valence-corrected chi connectivity index (χ4v) is 5.63. The van der Waals surface area contributed by atoms with Crippen LogP contribution in [0.3, 0.4) is 0 Å². The van der Waals surface area contributed by atoms with Gasteiger partial charge in [-0.1, -0.05) is 26.7 Å². The van der Waals surface area contributed by atoms with Gasteiger partial charge in [0, 0.05) is 43.6 Å². The summed E-state index contributed by atoms with van der Waals surface area (Å²) < 4.78 is 5.46. The van der Waals surface area contributed by atoms with Crippen molar-refractivity contribution in [3.8, 4) is 0 Å². The van der Waals surface area contributed by atoms with Gasteiger partial charge in [-0.3, -0.25) is 9.59 Å². The second-order valence-corrected chi connectivity index (χ2v) is 10.4. The molecule has 0 aromatic carbocycles. The summed E-state index contributed by atoms with van der Waals surface area (Å²) in [4.78, 5) is 45.3. The lowest BCUT2D eigenvalue weighted by atomic mass is 9.76. The first-order valence-electron chi connectivity index (χ1n) is 13.1. The molecule has 9 heteroatoms. The van der Waals surface area contributed by atoms with Crippen LogP contribution in [0.15, 0.2) is 12.3 Å². The van der Waals surface area contributed by atoms with Gasteiger partial charge in [-0.2, -0.15) is 0 Å². The normalized spacial score (nSPS) is 22.4. The molecule has 4 amide bonds. The summed E-state index contributed by atoms with van der Waals surface area (Å²) in [5.74, 6) is 0.526. The Balaban J connectivity index is 1.46. The van der Waals surface area contributed by atoms with Gasteiger partial charge in [0.2, 0.25) is 11.8 Å². The number of amides is 4. The molecule has 1 aromatic heterocycles. The molecule has 4 rings (SSSR count). The van der Waals surface area contributed by atoms with Gasteiger partial charge in [-0.25, -0.2) is 9.78 Å². The van der Waals surface area contributed by atoms with Crippen LogP contribution in [0.5, 0.6) is 0 Å². The van der Waals surface area contributed by atoms with Crippen LogP contribution in [0.2, 0.25) is 0 Å². The van der Waals surface area contributed by atoms with Crippen molar-refractivity contribution >= 4 is 29.4 Å². The topological polar surface area (TPSA) is 113 Å². The van der Waals surface area contributed by atoms with Gasteiger partial charge < -0.3 is 25.6 Å². The molecule has 4 heterocycles. The fraction of sp³-hybridized carbons (Fsp3) is 0.692. The molecule has 0 aliphatic carbocycles. The van der Waals surface area contributed by atoms with E-state index in [9.17, 15) is 14.4 Å². The van der Waals surface area contributed by atoms with Crippen LogP contribution < -0.4 is 16.0 Å². The molecule has 3 atom stereocenters. The first-order valence-corrected chi connectivity index (χ1v) is 13.1. The Hall–Kier alpha value is -2.68. The lowest BCUT2D eigenvalue weighted by molar-refractivity contribution is -0.124. The van der Waals surface area contributed by atoms with Gasteiger partial charge in [0.25, 0.3) is 0 Å². The first kappa shape index (κ1) is 25.4. The van der Waals surface area contributed by atoms with Crippen LogP contribution in [0.1, 0.15) is 77.7 Å². The molecule has 2 saturated heterocycles. The second kappa shape index (κ2) is 10.9. The van der Waals surface area contributed by atoms with Gasteiger partial charge in [-0.05, 0) is 51.4 Å². The number of rotatable bonds is 8. The highest BCUT2D eigenvalue weighted by molar-refractivity contribution is 6.07. The predicted octanol–water partition coefficient (Wildman–Crippen LogP) is 3.80. The Morgan fingerprint density at radius 1 is 1.29 bits per heavy atom. The van der Waals surface area contributed by atoms with E-state index in [1.807, 2.05) is 11.8 Å². The monoisotopic (exact) mass is 485 g/mol. The third-order valence-electron chi connectivity index (χ3n) is 7.86. The molecule has 0 unspecified atom stereocenters. The summed E-state index contributed by atoms with van der Waals surface area (Å²) >= 11 is 0. The van der Waals surface area contributed by atoms with E-state index in [2.05, 4.69) is 34.8 Å². The lowest BCUT2D eigenvalue weighted by Crippen LogP contribution is -2.50. The minimum absolute atomic E-state index is 0.0316. The number of likely N-dealkylation sites (tertiary alicyclic amines) is 1. The zero-order valence-electron chi connectivity index (χ0n) is 21.2. The maximum atomic E-state index is 13.3. The molecule has 3 N–H and O–H groups in total. The number of nitrogens with one attached hydrogen (secondary N) is 3. The number of nitrogens with zero attached hydrogens (tertiary/aromatic N) is 2. The van der Waals surface area contributed by atoms with Crippen LogP contribution in [-0.2, 0) is 19.7 Å². The summed E-state index contributed by atoms with van der Waals surface area (Å²) in [6, 6.07) is 1.06. The Kier molecular flexibility index (Phi) is 7.94. The molecule has 1 spiro atoms. The van der Waals surface area contributed by atoms with Gasteiger partial charge >= 0.3 is 6.03 Å². The van der Waals surface area contributed by atoms with Crippen molar-refractivity contribution in [2.45, 2.75) is 89.6 Å². The zero-order valence-corrected chi connectivity index (χ0v) is 21.2. The van der Waals surface area contributed by atoms with E-state index in [0.29, 0.717) is 56.4 Å². The Morgan fingerprint density at radius 3 is 2.74 bits per heavy atom. The number of carbonyl (C=O) groups is 3. The van der Waals surface area contributed by atoms with Crippen LogP contribution in [0, 0.1) is 5.92 Å². The molecule has 0 bridgehead atoms. The van der Waals surface area contributed by atoms with Crippen LogP contribution in [0.25, 0.3) is 0 Å². The molecule has 35 heavy (non-hydrogen) atoms. The molecular formula is C26H39N5O4. The van der Waals surface area contributed by atoms with Crippen molar-refractivity contribution in [2.24, 2.45) is 5.92 Å². The molecule has 9 nitrogen and oxygen atoms in total. The summed E-state index contributed by atoms with van der Waals surface area (Å²) in [5.41, 5.74) is 0.955. The molecule has 192 valence electrons. The molecular weight excluding hydrogens is 446 g/mol. The largest absolute Gasteiger partial charge is 0.381 e. The number of aromatic nitrogens is 1. The maximum Gasteiger partial charge on any atom is 0.318 e. The number of hydrogen-bond donors (Lipinski definition) is 3. The molecule has 0 saturated carbocycles. The molecule has 3 aliphatic rings. The number of carbonyl (C=O) groups excluding carboxylic acids is 3. The van der Waals surface area contributed by atoms with Crippen molar-refractivity contribution < 1.29 is 19.1 Å². The molecule has 3 aliphatic heterocycles. The Bertz CT molecular complexity index is 946. The van der Waals surface area contributed by atoms with E-state index in [1.165, 1.54) is 0 Å². The standard InChI is InChI=1S/C26H39N5O4/c1-4-6-17(2)8-9-20(29-25(34)31-12-5-7-18(31)3)23(32)30-22-15-21-19(16-27-22)26(24(33)28-21)10-13-35-14-11-26/h15-18,20H,4-14H2,1-3H3,(H,28,33)(H,29,34)(H,27,30,32)/t17-,18+,20+/m1/s1. The van der Waals surface area contributed by atoms with E-state index in [4.69, 9.17) is 4.74 Å². The highest BCUT2D eigenvalue weighted by Gasteiger charge is 2.48. The van der Waals surface area contributed by atoms with E-state index < -0.39 is 11.5 Å². The summed E-state index contributed by atoms with van der Waals surface area (Å²) in [6.07, 6.45) is 8.49. The number of anilines is 2. The highest BCUT2D eigenvalue weighted by atomic mass is 16.5. The molecule has 0 radical (unpaired) electrons. The average Bonchev–Trinajstić information content (AvgIpc) is 3.38. The number of urea groups is 1. The van der Waals surface area contributed by atoms with Gasteiger partial charge in [0.05, 0.1) is 11.1 Å². The Labute approximate surface area is 207 Å². The summed E-state index contributed by atoms with van der Waals surface area (Å²) in [7, 11) is 0. The smallest absolute Gasteiger partial charge is 0.318 e. The van der Waals surface area contributed by atoms with Crippen LogP contribution in [0.4, 0.5) is 16.3 Å². The summed E-state index contributed by atoms with van der Waals surface area (Å²) in [6.45, 7) is 8.17. The van der Waals surface area contributed by atoms with E-state index in [0.717, 1.165) is 37.7 Å². The van der Waals surface area contributed by atoms with Crippen molar-refractivity contribution in [2.75, 3.05) is 30.4 Å². The van der Waals surface area contributed by atoms with E-state index in [1.54, 1.807) is 12.3 Å². The van der Waals surface area contributed by atoms with Gasteiger partial charge in [-0.15, -0.1) is 0 Å². The maximum absolute atomic E-state index is 13.3. The number of fused-ring (bicyclic) bond motifs is 2. The zero-order chi connectivity index (χ0) is 25.0. The minimum Gasteiger partial charge on any atom is -0.381 e. The highest BCUT2D eigenvalue weighted by Crippen LogP contribution is 2.44. The number of hydrogen-bond acceptors (Lipinski definition) is 5. The lowest BCUT2D eigenvalue weighted by Gasteiger charge is -2.31. The quantitative estimate of drug-likeness (QED) is 0.518. The average molecular weight is 486 g/mol. The van der Waals surface area contributed by atoms with Crippen molar-refractivity contribution in [1.82, 2.24) is 15.2 Å². The SMILES string of the molecule is CCC[C@@H](C)CC[C@H](NC(=O)N1CCC[C@@H]1C)C(=O)Nc1cc2c(cn1)C1(CCOCC1)C(=O)N2. The minimum atomic E-state index is -0.652. The Morgan fingerprint density at radius 2 is 2.06 bits per heavy atom. The van der Waals surface area contributed by atoms with Gasteiger partial charge in [0.1, 0.15) is 11.9 Å². The fourth-order valence-electron chi connectivity index (χ4n) is 5.63. The van der Waals surface area contributed by atoms with Crippen LogP contribution in [-0.4, -0.2) is 59.6 Å². The number of ether oxygens (including phenoxy) is 1. The third-order valence-corrected chi connectivity index (χ3v) is 7.86. The molecule has 2 fully saturated rings. The molecule has 1 aromatic rings. The van der Waals surface area contributed by atoms with E-state index >= 15 is 0 Å². The van der Waals surface area contributed by atoms with Crippen LogP contribution >= 0.6 is 0 Å². The van der Waals surface area contributed by atoms with Crippen molar-refractivity contribution in [1.29, 1.82) is 0 Å².